The van der Waals surface area contributed by atoms with Gasteiger partial charge in [-0.15, -0.1) is 0 Å². The monoisotopic (exact) mass is 474 g/mol. The van der Waals surface area contributed by atoms with Crippen LogP contribution in [0, 0.1) is 0 Å². The molecule has 3 aromatic rings. The van der Waals surface area contributed by atoms with Gasteiger partial charge in [-0.05, 0) is 31.5 Å². The normalized spacial score (nSPS) is 15.2. The van der Waals surface area contributed by atoms with Gasteiger partial charge in [-0.25, -0.2) is 15.0 Å². The molecular weight excluding hydrogens is 444 g/mol. The molecule has 1 fully saturated rings. The van der Waals surface area contributed by atoms with E-state index in [1.165, 1.54) is 0 Å². The molecule has 178 valence electrons. The molecule has 1 atom stereocenters. The predicted molar refractivity (Wildman–Crippen MR) is 129 cm³/mol. The van der Waals surface area contributed by atoms with Crippen molar-refractivity contribution in [3.8, 4) is 0 Å². The fourth-order valence-corrected chi connectivity index (χ4v) is 4.14. The average Bonchev–Trinajstić information content (AvgIpc) is 3.22. The van der Waals surface area contributed by atoms with Crippen molar-refractivity contribution in [2.75, 3.05) is 49.4 Å². The van der Waals surface area contributed by atoms with Gasteiger partial charge in [0.15, 0.2) is 5.76 Å². The van der Waals surface area contributed by atoms with Crippen molar-refractivity contribution in [2.24, 2.45) is 0 Å². The van der Waals surface area contributed by atoms with Gasteiger partial charge < -0.3 is 19.2 Å². The molecule has 2 aromatic heterocycles. The molecular formula is C24H31ClN4O4. The smallest absolute Gasteiger partial charge is 0.225 e. The van der Waals surface area contributed by atoms with Crippen LogP contribution >= 0.6 is 11.6 Å². The molecule has 1 N–H and O–H groups in total. The number of aromatic nitrogens is 2. The summed E-state index contributed by atoms with van der Waals surface area (Å²) < 4.78 is 11.5. The standard InChI is InChI=1S/C24H31ClN4O4/c1-3-5-6-9-29(32-4-2)21-19-14-18(25)7-8-20(19)33-23(21)22(30)17-15-26-24(27-16-17)28-10-12-31-13-11-28/h7-8,14-16,22,30H,3-6,9-13H2,1-2H3. The van der Waals surface area contributed by atoms with Crippen molar-refractivity contribution in [3.63, 3.8) is 0 Å². The Morgan fingerprint density at radius 2 is 1.94 bits per heavy atom. The molecule has 8 nitrogen and oxygen atoms in total. The van der Waals surface area contributed by atoms with Crippen molar-refractivity contribution < 1.29 is 19.1 Å². The SMILES string of the molecule is CCCCCN(OCC)c1c(C(O)c2cnc(N3CCOCC3)nc2)oc2ccc(Cl)cc12. The number of morpholine rings is 1. The molecule has 0 spiro atoms. The fourth-order valence-electron chi connectivity index (χ4n) is 3.97. The second-order valence-corrected chi connectivity index (χ2v) is 8.44. The van der Waals surface area contributed by atoms with E-state index in [1.54, 1.807) is 18.5 Å². The summed E-state index contributed by atoms with van der Waals surface area (Å²) in [6.45, 7) is 8.08. The van der Waals surface area contributed by atoms with Crippen molar-refractivity contribution in [2.45, 2.75) is 39.2 Å². The summed E-state index contributed by atoms with van der Waals surface area (Å²) in [6.07, 6.45) is 5.37. The second kappa shape index (κ2) is 11.2. The van der Waals surface area contributed by atoms with Crippen LogP contribution in [0.5, 0.6) is 0 Å². The summed E-state index contributed by atoms with van der Waals surface area (Å²) in [4.78, 5) is 17.0. The molecule has 9 heteroatoms. The number of unbranched alkanes of at least 4 members (excludes halogenated alkanes) is 2. The van der Waals surface area contributed by atoms with E-state index in [-0.39, 0.29) is 0 Å². The molecule has 1 aliphatic heterocycles. The van der Waals surface area contributed by atoms with Crippen LogP contribution in [0.1, 0.15) is 50.5 Å². The minimum absolute atomic E-state index is 0.389. The van der Waals surface area contributed by atoms with E-state index in [2.05, 4.69) is 21.8 Å². The van der Waals surface area contributed by atoms with E-state index in [9.17, 15) is 5.11 Å². The van der Waals surface area contributed by atoms with Gasteiger partial charge in [-0.3, -0.25) is 4.84 Å². The van der Waals surface area contributed by atoms with Gasteiger partial charge in [0, 0.05) is 48.0 Å². The highest BCUT2D eigenvalue weighted by Gasteiger charge is 2.28. The first-order valence-electron chi connectivity index (χ1n) is 11.6. The highest BCUT2D eigenvalue weighted by Crippen LogP contribution is 2.41. The first kappa shape index (κ1) is 23.8. The van der Waals surface area contributed by atoms with Crippen molar-refractivity contribution in [1.82, 2.24) is 9.97 Å². The Morgan fingerprint density at radius 1 is 1.18 bits per heavy atom. The van der Waals surface area contributed by atoms with E-state index in [4.69, 9.17) is 25.6 Å². The van der Waals surface area contributed by atoms with Crippen molar-refractivity contribution in [1.29, 1.82) is 0 Å². The van der Waals surface area contributed by atoms with Crippen molar-refractivity contribution in [3.05, 3.63) is 46.9 Å². The van der Waals surface area contributed by atoms with Crippen LogP contribution in [-0.2, 0) is 9.57 Å². The van der Waals surface area contributed by atoms with Crippen LogP contribution in [-0.4, -0.2) is 54.5 Å². The van der Waals surface area contributed by atoms with E-state index < -0.39 is 6.10 Å². The summed E-state index contributed by atoms with van der Waals surface area (Å²) in [5.74, 6) is 1.02. The van der Waals surface area contributed by atoms with Gasteiger partial charge in [0.25, 0.3) is 0 Å². The molecule has 0 saturated carbocycles. The van der Waals surface area contributed by atoms with E-state index in [0.717, 1.165) is 37.7 Å². The van der Waals surface area contributed by atoms with E-state index in [0.29, 0.717) is 59.9 Å². The molecule has 0 aliphatic carbocycles. The quantitative estimate of drug-likeness (QED) is 0.333. The van der Waals surface area contributed by atoms with Crippen molar-refractivity contribution >= 4 is 34.2 Å². The minimum atomic E-state index is -1.06. The van der Waals surface area contributed by atoms with Gasteiger partial charge in [0.05, 0.1) is 19.8 Å². The predicted octanol–water partition coefficient (Wildman–Crippen LogP) is 4.74. The van der Waals surface area contributed by atoms with Crippen LogP contribution < -0.4 is 9.96 Å². The number of furan rings is 1. The molecule has 1 unspecified atom stereocenters. The first-order chi connectivity index (χ1) is 16.1. The lowest BCUT2D eigenvalue weighted by molar-refractivity contribution is 0.115. The zero-order chi connectivity index (χ0) is 23.2. The summed E-state index contributed by atoms with van der Waals surface area (Å²) in [5, 5.41) is 14.5. The Morgan fingerprint density at radius 3 is 2.64 bits per heavy atom. The number of halogens is 1. The van der Waals surface area contributed by atoms with Gasteiger partial charge in [-0.2, -0.15) is 0 Å². The third kappa shape index (κ3) is 5.41. The number of nitrogens with zero attached hydrogens (tertiary/aromatic N) is 4. The van der Waals surface area contributed by atoms with Gasteiger partial charge in [0.1, 0.15) is 17.4 Å². The van der Waals surface area contributed by atoms with Crippen LogP contribution in [0.2, 0.25) is 5.02 Å². The zero-order valence-electron chi connectivity index (χ0n) is 19.2. The van der Waals surface area contributed by atoms with Gasteiger partial charge >= 0.3 is 0 Å². The maximum Gasteiger partial charge on any atom is 0.225 e. The fraction of sp³-hybridized carbons (Fsp3) is 0.500. The third-order valence-corrected chi connectivity index (χ3v) is 5.90. The Hall–Kier alpha value is -2.39. The Labute approximate surface area is 199 Å². The number of aliphatic hydroxyl groups is 1. The topological polar surface area (TPSA) is 84.1 Å². The third-order valence-electron chi connectivity index (χ3n) is 5.67. The number of benzene rings is 1. The summed E-state index contributed by atoms with van der Waals surface area (Å²) in [7, 11) is 0. The van der Waals surface area contributed by atoms with Gasteiger partial charge in [-0.1, -0.05) is 31.4 Å². The number of hydrogen-bond acceptors (Lipinski definition) is 8. The lowest BCUT2D eigenvalue weighted by atomic mass is 10.1. The lowest BCUT2D eigenvalue weighted by Gasteiger charge is -2.27. The van der Waals surface area contributed by atoms with E-state index >= 15 is 0 Å². The number of ether oxygens (including phenoxy) is 1. The number of fused-ring (bicyclic) bond motifs is 1. The molecule has 0 bridgehead atoms. The molecule has 1 saturated heterocycles. The highest BCUT2D eigenvalue weighted by molar-refractivity contribution is 6.31. The average molecular weight is 475 g/mol. The Bertz CT molecular complexity index is 1040. The maximum atomic E-state index is 11.3. The number of rotatable bonds is 10. The molecule has 1 aliphatic rings. The summed E-state index contributed by atoms with van der Waals surface area (Å²) in [5.41, 5.74) is 1.87. The second-order valence-electron chi connectivity index (χ2n) is 8.00. The first-order valence-corrected chi connectivity index (χ1v) is 11.9. The van der Waals surface area contributed by atoms with Crippen LogP contribution in [0.25, 0.3) is 11.0 Å². The summed E-state index contributed by atoms with van der Waals surface area (Å²) in [6, 6.07) is 5.43. The number of anilines is 2. The number of hydrogen-bond donors (Lipinski definition) is 1. The largest absolute Gasteiger partial charge is 0.456 e. The van der Waals surface area contributed by atoms with Gasteiger partial charge in [0.2, 0.25) is 5.95 Å². The summed E-state index contributed by atoms with van der Waals surface area (Å²) >= 11 is 6.30. The molecule has 3 heterocycles. The number of hydroxylamine groups is 1. The minimum Gasteiger partial charge on any atom is -0.456 e. The molecule has 1 aromatic carbocycles. The van der Waals surface area contributed by atoms with E-state index in [1.807, 2.05) is 24.1 Å². The lowest BCUT2D eigenvalue weighted by Crippen LogP contribution is -2.37. The maximum absolute atomic E-state index is 11.3. The molecule has 0 amide bonds. The molecule has 33 heavy (non-hydrogen) atoms. The molecule has 4 rings (SSSR count). The number of aliphatic hydroxyl groups excluding tert-OH is 1. The van der Waals surface area contributed by atoms with Crippen LogP contribution in [0.3, 0.4) is 0 Å². The molecule has 0 radical (unpaired) electrons. The Kier molecular flexibility index (Phi) is 8.03. The Balaban J connectivity index is 1.68. The van der Waals surface area contributed by atoms with Crippen LogP contribution in [0.4, 0.5) is 11.6 Å². The highest BCUT2D eigenvalue weighted by atomic mass is 35.5. The zero-order valence-corrected chi connectivity index (χ0v) is 19.9. The van der Waals surface area contributed by atoms with Crippen LogP contribution in [0.15, 0.2) is 35.0 Å².